The summed E-state index contributed by atoms with van der Waals surface area (Å²) in [6.45, 7) is 0. The predicted molar refractivity (Wildman–Crippen MR) is 56.9 cm³/mol. The zero-order chi connectivity index (χ0) is 11.8. The summed E-state index contributed by atoms with van der Waals surface area (Å²) in [7, 11) is 1.32. The van der Waals surface area contributed by atoms with E-state index in [0.717, 1.165) is 5.56 Å². The zero-order valence-electron chi connectivity index (χ0n) is 8.66. The molecule has 0 atom stereocenters. The van der Waals surface area contributed by atoms with E-state index in [1.165, 1.54) is 0 Å². The van der Waals surface area contributed by atoms with Crippen molar-refractivity contribution in [1.29, 1.82) is 0 Å². The molecule has 0 spiro atoms. The third-order valence-corrected chi connectivity index (χ3v) is 1.43. The van der Waals surface area contributed by atoms with Crippen LogP contribution in [0.25, 0.3) is 0 Å². The molecule has 6 heteroatoms. The third kappa shape index (κ3) is 6.67. The van der Waals surface area contributed by atoms with Crippen LogP contribution in [-0.2, 0) is 0 Å². The summed E-state index contributed by atoms with van der Waals surface area (Å²) in [6, 6.07) is 9.23. The molecule has 1 amide bonds. The number of benzene rings is 1. The van der Waals surface area contributed by atoms with Gasteiger partial charge < -0.3 is 20.0 Å². The van der Waals surface area contributed by atoms with Crippen molar-refractivity contribution in [1.82, 2.24) is 4.90 Å². The highest BCUT2D eigenvalue weighted by Crippen LogP contribution is 2.00. The summed E-state index contributed by atoms with van der Waals surface area (Å²) >= 11 is 0. The minimum atomic E-state index is -2.17. The van der Waals surface area contributed by atoms with Crippen molar-refractivity contribution in [3.05, 3.63) is 35.9 Å². The SMILES string of the molecule is CN(C)C(=O)c1ccccc1.OB(O)O. The van der Waals surface area contributed by atoms with Crippen LogP contribution in [0, 0.1) is 0 Å². The lowest BCUT2D eigenvalue weighted by molar-refractivity contribution is 0.0827. The minimum absolute atomic E-state index is 0.0469. The van der Waals surface area contributed by atoms with E-state index >= 15 is 0 Å². The van der Waals surface area contributed by atoms with Gasteiger partial charge in [0.05, 0.1) is 0 Å². The Bertz CT molecular complexity index is 287. The number of hydrogen-bond acceptors (Lipinski definition) is 4. The fraction of sp³-hybridized carbons (Fsp3) is 0.222. The number of hydrogen-bond donors (Lipinski definition) is 3. The Morgan fingerprint density at radius 1 is 1.13 bits per heavy atom. The second-order valence-corrected chi connectivity index (χ2v) is 2.91. The van der Waals surface area contributed by atoms with Crippen molar-refractivity contribution >= 4 is 13.2 Å². The summed E-state index contributed by atoms with van der Waals surface area (Å²) < 4.78 is 0. The van der Waals surface area contributed by atoms with Gasteiger partial charge in [0.25, 0.3) is 5.91 Å². The first-order valence-electron chi connectivity index (χ1n) is 4.26. The first kappa shape index (κ1) is 13.6. The highest BCUT2D eigenvalue weighted by Gasteiger charge is 2.04. The molecule has 0 unspecified atom stereocenters. The van der Waals surface area contributed by atoms with Crippen LogP contribution >= 0.6 is 0 Å². The van der Waals surface area contributed by atoms with Crippen molar-refractivity contribution in [2.24, 2.45) is 0 Å². The zero-order valence-corrected chi connectivity index (χ0v) is 8.66. The van der Waals surface area contributed by atoms with Gasteiger partial charge in [0.15, 0.2) is 0 Å². The molecule has 3 N–H and O–H groups in total. The number of carbonyl (C=O) groups is 1. The van der Waals surface area contributed by atoms with Crippen LogP contribution in [0.3, 0.4) is 0 Å². The molecule has 1 aromatic carbocycles. The van der Waals surface area contributed by atoms with Gasteiger partial charge in [-0.2, -0.15) is 0 Å². The lowest BCUT2D eigenvalue weighted by Gasteiger charge is -2.08. The molecule has 0 saturated carbocycles. The van der Waals surface area contributed by atoms with E-state index in [9.17, 15) is 4.79 Å². The molecule has 15 heavy (non-hydrogen) atoms. The molecule has 0 aliphatic rings. The van der Waals surface area contributed by atoms with E-state index in [4.69, 9.17) is 15.1 Å². The number of amides is 1. The Hall–Kier alpha value is -1.37. The average Bonchev–Trinajstić information content (AvgIpc) is 2.17. The number of nitrogens with zero attached hydrogens (tertiary/aromatic N) is 1. The molecule has 0 radical (unpaired) electrons. The molecule has 1 rings (SSSR count). The molecule has 0 fully saturated rings. The smallest absolute Gasteiger partial charge is 0.402 e. The first-order valence-corrected chi connectivity index (χ1v) is 4.26. The maximum absolute atomic E-state index is 11.3. The van der Waals surface area contributed by atoms with Gasteiger partial charge in [0, 0.05) is 19.7 Å². The maximum atomic E-state index is 11.3. The van der Waals surface area contributed by atoms with Gasteiger partial charge in [-0.15, -0.1) is 0 Å². The third-order valence-electron chi connectivity index (χ3n) is 1.43. The fourth-order valence-electron chi connectivity index (χ4n) is 0.839. The van der Waals surface area contributed by atoms with Gasteiger partial charge in [-0.3, -0.25) is 4.79 Å². The lowest BCUT2D eigenvalue weighted by Crippen LogP contribution is -2.21. The van der Waals surface area contributed by atoms with Gasteiger partial charge in [-0.1, -0.05) is 18.2 Å². The van der Waals surface area contributed by atoms with Gasteiger partial charge in [0.1, 0.15) is 0 Å². The van der Waals surface area contributed by atoms with Gasteiger partial charge in [-0.25, -0.2) is 0 Å². The highest BCUT2D eigenvalue weighted by atomic mass is 16.5. The number of carbonyl (C=O) groups excluding carboxylic acids is 1. The second kappa shape index (κ2) is 7.00. The maximum Gasteiger partial charge on any atom is 0.631 e. The van der Waals surface area contributed by atoms with E-state index in [2.05, 4.69) is 0 Å². The van der Waals surface area contributed by atoms with Gasteiger partial charge in [-0.05, 0) is 12.1 Å². The minimum Gasteiger partial charge on any atom is -0.402 e. The molecule has 0 bridgehead atoms. The van der Waals surface area contributed by atoms with Crippen molar-refractivity contribution in [2.45, 2.75) is 0 Å². The van der Waals surface area contributed by atoms with Crippen LogP contribution in [-0.4, -0.2) is 47.3 Å². The van der Waals surface area contributed by atoms with Crippen LogP contribution in [0.15, 0.2) is 30.3 Å². The second-order valence-electron chi connectivity index (χ2n) is 2.91. The summed E-state index contributed by atoms with van der Waals surface area (Å²) in [5.74, 6) is 0.0469. The molecule has 0 saturated heterocycles. The quantitative estimate of drug-likeness (QED) is 0.538. The largest absolute Gasteiger partial charge is 0.631 e. The van der Waals surface area contributed by atoms with Gasteiger partial charge >= 0.3 is 7.32 Å². The first-order chi connectivity index (χ1) is 6.95. The van der Waals surface area contributed by atoms with Crippen LogP contribution in [0.5, 0.6) is 0 Å². The van der Waals surface area contributed by atoms with Crippen LogP contribution in [0.1, 0.15) is 10.4 Å². The summed E-state index contributed by atoms with van der Waals surface area (Å²) in [5, 5.41) is 21.5. The summed E-state index contributed by atoms with van der Waals surface area (Å²) in [5.41, 5.74) is 0.734. The van der Waals surface area contributed by atoms with Crippen LogP contribution in [0.2, 0.25) is 0 Å². The molecule has 0 aromatic heterocycles. The van der Waals surface area contributed by atoms with Crippen molar-refractivity contribution in [2.75, 3.05) is 14.1 Å². The van der Waals surface area contributed by atoms with E-state index in [0.29, 0.717) is 0 Å². The monoisotopic (exact) mass is 211 g/mol. The standard InChI is InChI=1S/C9H11NO.BH3O3/c1-10(2)9(11)8-6-4-3-5-7-8;2-1(3)4/h3-7H,1-2H3;2-4H. The molecule has 82 valence electrons. The Morgan fingerprint density at radius 3 is 1.87 bits per heavy atom. The lowest BCUT2D eigenvalue weighted by atomic mass is 10.2. The van der Waals surface area contributed by atoms with Gasteiger partial charge in [0.2, 0.25) is 0 Å². The Labute approximate surface area is 88.8 Å². The fourth-order valence-corrected chi connectivity index (χ4v) is 0.839. The van der Waals surface area contributed by atoms with E-state index in [1.54, 1.807) is 19.0 Å². The number of rotatable bonds is 1. The van der Waals surface area contributed by atoms with Crippen molar-refractivity contribution in [3.8, 4) is 0 Å². The Balaban J connectivity index is 0.000000423. The summed E-state index contributed by atoms with van der Waals surface area (Å²) in [6.07, 6.45) is 0. The highest BCUT2D eigenvalue weighted by molar-refractivity contribution is 6.30. The Kier molecular flexibility index (Phi) is 6.36. The predicted octanol–water partition coefficient (Wildman–Crippen LogP) is -0.663. The molecule has 0 aliphatic heterocycles. The Morgan fingerprint density at radius 2 is 1.53 bits per heavy atom. The molecule has 1 aromatic rings. The van der Waals surface area contributed by atoms with E-state index in [1.807, 2.05) is 30.3 Å². The van der Waals surface area contributed by atoms with Crippen molar-refractivity contribution < 1.29 is 19.9 Å². The van der Waals surface area contributed by atoms with Crippen LogP contribution < -0.4 is 0 Å². The summed E-state index contributed by atoms with van der Waals surface area (Å²) in [4.78, 5) is 12.8. The molecular weight excluding hydrogens is 197 g/mol. The molecular formula is C9H14BNO4. The molecule has 0 heterocycles. The normalized spacial score (nSPS) is 8.60. The van der Waals surface area contributed by atoms with Crippen LogP contribution in [0.4, 0.5) is 0 Å². The topological polar surface area (TPSA) is 81.0 Å². The van der Waals surface area contributed by atoms with E-state index < -0.39 is 7.32 Å². The average molecular weight is 211 g/mol. The molecule has 5 nitrogen and oxygen atoms in total. The van der Waals surface area contributed by atoms with Crippen molar-refractivity contribution in [3.63, 3.8) is 0 Å². The van der Waals surface area contributed by atoms with E-state index in [-0.39, 0.29) is 5.91 Å². The molecule has 0 aliphatic carbocycles.